The predicted molar refractivity (Wildman–Crippen MR) is 104 cm³/mol. The van der Waals surface area contributed by atoms with Crippen LogP contribution in [0, 0.1) is 0 Å². The molecule has 0 aromatic rings. The van der Waals surface area contributed by atoms with Gasteiger partial charge >= 0.3 is 5.97 Å². The molecule has 0 aliphatic carbocycles. The normalized spacial score (nSPS) is 11.6. The van der Waals surface area contributed by atoms with Crippen molar-refractivity contribution in [3.8, 4) is 0 Å². The first-order valence-electron chi connectivity index (χ1n) is 9.37. The van der Waals surface area contributed by atoms with E-state index in [9.17, 15) is 4.79 Å². The van der Waals surface area contributed by atoms with E-state index in [-0.39, 0.29) is 5.97 Å². The molecule has 0 aromatic heterocycles. The average Bonchev–Trinajstić information content (AvgIpc) is 2.53. The maximum atomic E-state index is 10.6. The van der Waals surface area contributed by atoms with E-state index in [1.165, 1.54) is 83.2 Å². The molecule has 0 N–H and O–H groups in total. The quantitative estimate of drug-likeness (QED) is 0.172. The fraction of sp³-hybridized carbons (Fsp3) is 0.750. The number of carbonyl (C=O) groups excluding carboxylic acids is 1. The van der Waals surface area contributed by atoms with Crippen LogP contribution in [0.1, 0.15) is 90.9 Å². The van der Waals surface area contributed by atoms with E-state index in [4.69, 9.17) is 4.18 Å². The summed E-state index contributed by atoms with van der Waals surface area (Å²) in [6.45, 7) is 3.70. The van der Waals surface area contributed by atoms with E-state index < -0.39 is 0 Å². The van der Waals surface area contributed by atoms with Crippen molar-refractivity contribution in [2.75, 3.05) is 5.75 Å². The van der Waals surface area contributed by atoms with Crippen LogP contribution in [-0.4, -0.2) is 11.7 Å². The Kier molecular flexibility index (Phi) is 18.8. The molecule has 0 aliphatic heterocycles. The first kappa shape index (κ1) is 22.3. The molecule has 0 bridgehead atoms. The SMILES string of the molecule is CCCCC/C=C\C/C=C\CCCCCCCCSOC(C)=O. The highest BCUT2D eigenvalue weighted by Crippen LogP contribution is 2.11. The summed E-state index contributed by atoms with van der Waals surface area (Å²) in [6.07, 6.45) is 24.4. The molecule has 0 aliphatic rings. The molecular formula is C20H36O2S. The van der Waals surface area contributed by atoms with Gasteiger partial charge in [0.05, 0.1) is 12.0 Å². The number of hydrogen-bond acceptors (Lipinski definition) is 3. The zero-order valence-electron chi connectivity index (χ0n) is 15.2. The van der Waals surface area contributed by atoms with Gasteiger partial charge in [0.1, 0.15) is 0 Å². The molecule has 0 amide bonds. The van der Waals surface area contributed by atoms with Gasteiger partial charge in [-0.15, -0.1) is 0 Å². The van der Waals surface area contributed by atoms with Gasteiger partial charge in [-0.1, -0.05) is 69.8 Å². The lowest BCUT2D eigenvalue weighted by Gasteiger charge is -2.01. The maximum Gasteiger partial charge on any atom is 0.314 e. The molecular weight excluding hydrogens is 304 g/mol. The van der Waals surface area contributed by atoms with Gasteiger partial charge in [-0.25, -0.2) is 0 Å². The minimum Gasteiger partial charge on any atom is -0.392 e. The van der Waals surface area contributed by atoms with Crippen LogP contribution in [0.5, 0.6) is 0 Å². The largest absolute Gasteiger partial charge is 0.392 e. The molecule has 0 unspecified atom stereocenters. The smallest absolute Gasteiger partial charge is 0.314 e. The zero-order valence-corrected chi connectivity index (χ0v) is 16.0. The summed E-state index contributed by atoms with van der Waals surface area (Å²) < 4.78 is 4.83. The maximum absolute atomic E-state index is 10.6. The molecule has 0 fully saturated rings. The highest BCUT2D eigenvalue weighted by atomic mass is 32.2. The third-order valence-corrected chi connectivity index (χ3v) is 4.41. The summed E-state index contributed by atoms with van der Waals surface area (Å²) in [7, 11) is 0. The predicted octanol–water partition coefficient (Wildman–Crippen LogP) is 7.01. The lowest BCUT2D eigenvalue weighted by atomic mass is 10.1. The second-order valence-electron chi connectivity index (χ2n) is 5.98. The number of unbranched alkanes of at least 4 members (excludes halogenated alkanes) is 9. The number of hydrogen-bond donors (Lipinski definition) is 0. The Morgan fingerprint density at radius 1 is 0.826 bits per heavy atom. The average molecular weight is 341 g/mol. The lowest BCUT2D eigenvalue weighted by Crippen LogP contribution is -1.91. The molecule has 0 aromatic carbocycles. The van der Waals surface area contributed by atoms with E-state index in [1.807, 2.05) is 0 Å². The van der Waals surface area contributed by atoms with Crippen LogP contribution in [0.25, 0.3) is 0 Å². The van der Waals surface area contributed by atoms with E-state index in [0.717, 1.165) is 18.6 Å². The first-order chi connectivity index (χ1) is 11.3. The van der Waals surface area contributed by atoms with Gasteiger partial charge < -0.3 is 4.18 Å². The van der Waals surface area contributed by atoms with Crippen molar-refractivity contribution in [3.63, 3.8) is 0 Å². The number of allylic oxidation sites excluding steroid dienone is 4. The molecule has 134 valence electrons. The second kappa shape index (κ2) is 19.3. The van der Waals surface area contributed by atoms with Crippen LogP contribution in [0.3, 0.4) is 0 Å². The van der Waals surface area contributed by atoms with Crippen LogP contribution >= 0.6 is 12.0 Å². The van der Waals surface area contributed by atoms with Crippen molar-refractivity contribution in [1.29, 1.82) is 0 Å². The monoisotopic (exact) mass is 340 g/mol. The molecule has 0 heterocycles. The molecule has 3 heteroatoms. The van der Waals surface area contributed by atoms with Crippen molar-refractivity contribution < 1.29 is 8.98 Å². The van der Waals surface area contributed by atoms with Crippen LogP contribution in [0.15, 0.2) is 24.3 Å². The minimum absolute atomic E-state index is 0.199. The number of carbonyl (C=O) groups is 1. The number of rotatable bonds is 16. The lowest BCUT2D eigenvalue weighted by molar-refractivity contribution is -0.130. The molecule has 0 atom stereocenters. The van der Waals surface area contributed by atoms with E-state index in [2.05, 4.69) is 31.2 Å². The highest BCUT2D eigenvalue weighted by Gasteiger charge is 1.95. The Morgan fingerprint density at radius 2 is 1.39 bits per heavy atom. The summed E-state index contributed by atoms with van der Waals surface area (Å²) >= 11 is 1.28. The van der Waals surface area contributed by atoms with E-state index in [1.54, 1.807) is 0 Å². The summed E-state index contributed by atoms with van der Waals surface area (Å²) in [5, 5.41) is 0. The molecule has 0 radical (unpaired) electrons. The Labute approximate surface area is 148 Å². The van der Waals surface area contributed by atoms with Crippen LogP contribution in [0.4, 0.5) is 0 Å². The Morgan fingerprint density at radius 3 is 2.00 bits per heavy atom. The van der Waals surface area contributed by atoms with Crippen molar-refractivity contribution in [3.05, 3.63) is 24.3 Å². The highest BCUT2D eigenvalue weighted by molar-refractivity contribution is 7.95. The molecule has 0 spiro atoms. The molecule has 0 rings (SSSR count). The van der Waals surface area contributed by atoms with Gasteiger partial charge in [0.2, 0.25) is 0 Å². The van der Waals surface area contributed by atoms with Crippen molar-refractivity contribution >= 4 is 18.0 Å². The molecule has 2 nitrogen and oxygen atoms in total. The fourth-order valence-corrected chi connectivity index (χ4v) is 2.85. The van der Waals surface area contributed by atoms with Crippen molar-refractivity contribution in [2.24, 2.45) is 0 Å². The van der Waals surface area contributed by atoms with Crippen LogP contribution in [-0.2, 0) is 8.98 Å². The third kappa shape index (κ3) is 21.3. The Balaban J connectivity index is 3.14. The summed E-state index contributed by atoms with van der Waals surface area (Å²) in [6, 6.07) is 0. The summed E-state index contributed by atoms with van der Waals surface area (Å²) in [5.41, 5.74) is 0. The van der Waals surface area contributed by atoms with Gasteiger partial charge in [0, 0.05) is 12.7 Å². The topological polar surface area (TPSA) is 26.3 Å². The fourth-order valence-electron chi connectivity index (χ4n) is 2.27. The van der Waals surface area contributed by atoms with Gasteiger partial charge in [-0.2, -0.15) is 0 Å². The van der Waals surface area contributed by atoms with Gasteiger partial charge in [0.15, 0.2) is 0 Å². The van der Waals surface area contributed by atoms with E-state index in [0.29, 0.717) is 0 Å². The summed E-state index contributed by atoms with van der Waals surface area (Å²) in [4.78, 5) is 10.6. The second-order valence-corrected chi connectivity index (χ2v) is 6.79. The van der Waals surface area contributed by atoms with E-state index >= 15 is 0 Å². The van der Waals surface area contributed by atoms with Crippen molar-refractivity contribution in [2.45, 2.75) is 90.9 Å². The third-order valence-electron chi connectivity index (χ3n) is 3.60. The van der Waals surface area contributed by atoms with Gasteiger partial charge in [0.25, 0.3) is 0 Å². The minimum atomic E-state index is -0.199. The molecule has 23 heavy (non-hydrogen) atoms. The Bertz CT molecular complexity index is 311. The molecule has 0 saturated heterocycles. The van der Waals surface area contributed by atoms with Crippen LogP contribution in [0.2, 0.25) is 0 Å². The standard InChI is InChI=1S/C20H36O2S/c1-3-4-5-6-7-8-9-10-11-12-13-14-15-16-17-18-19-23-22-20(2)21/h7-8,10-11H,3-6,9,12-19H2,1-2H3/b8-7-,11-10-. The Hall–Kier alpha value is -0.700. The zero-order chi connectivity index (χ0) is 17.0. The van der Waals surface area contributed by atoms with Gasteiger partial charge in [-0.05, 0) is 38.5 Å². The molecule has 0 saturated carbocycles. The van der Waals surface area contributed by atoms with Gasteiger partial charge in [-0.3, -0.25) is 4.79 Å². The first-order valence-corrected chi connectivity index (χ1v) is 10.3. The van der Waals surface area contributed by atoms with Crippen molar-refractivity contribution in [1.82, 2.24) is 0 Å². The van der Waals surface area contributed by atoms with Crippen LogP contribution < -0.4 is 0 Å². The summed E-state index contributed by atoms with van der Waals surface area (Å²) in [5.74, 6) is 0.726.